The second-order valence-electron chi connectivity index (χ2n) is 6.59. The van der Waals surface area contributed by atoms with Crippen LogP contribution in [0.15, 0.2) is 37.4 Å². The van der Waals surface area contributed by atoms with Gasteiger partial charge in [0.1, 0.15) is 12.4 Å². The Balaban J connectivity index is 0. The molecule has 34 heavy (non-hydrogen) atoms. The van der Waals surface area contributed by atoms with Crippen LogP contribution in [0.5, 0.6) is 0 Å². The lowest BCUT2D eigenvalue weighted by Crippen LogP contribution is -2.32. The Hall–Kier alpha value is -3.70. The highest BCUT2D eigenvalue weighted by atomic mass is 16.6. The van der Waals surface area contributed by atoms with Gasteiger partial charge >= 0.3 is 17.9 Å². The van der Waals surface area contributed by atoms with Crippen LogP contribution >= 0.6 is 0 Å². The fourth-order valence-corrected chi connectivity index (χ4v) is 1.98. The van der Waals surface area contributed by atoms with Crippen LogP contribution < -0.4 is 9.67 Å². The number of aromatic nitrogens is 4. The summed E-state index contributed by atoms with van der Waals surface area (Å²) < 4.78 is 18.1. The molecular formula is C22H36N4O8. The molecule has 0 aromatic carbocycles. The molecule has 2 rings (SSSR count). The molecule has 0 aliphatic heterocycles. The Bertz CT molecular complexity index is 805. The molecule has 0 unspecified atom stereocenters. The number of ether oxygens (including phenoxy) is 3. The van der Waals surface area contributed by atoms with Gasteiger partial charge in [0.05, 0.1) is 41.2 Å². The minimum atomic E-state index is -1.82. The zero-order valence-corrected chi connectivity index (χ0v) is 20.8. The molecule has 0 radical (unpaired) electrons. The van der Waals surface area contributed by atoms with E-state index in [4.69, 9.17) is 0 Å². The summed E-state index contributed by atoms with van der Waals surface area (Å²) in [6.45, 7) is 6.66. The van der Waals surface area contributed by atoms with Crippen molar-refractivity contribution in [2.45, 2.75) is 52.6 Å². The van der Waals surface area contributed by atoms with E-state index < -0.39 is 23.9 Å². The second kappa shape index (κ2) is 21.2. The molecule has 0 bridgehead atoms. The number of hydrogen-bond acceptors (Lipinski definition) is 9. The van der Waals surface area contributed by atoms with E-state index >= 15 is 0 Å². The standard InChI is InChI=1S/C8H15N2.C7H12N2.C4H6O4.C3H4O4/c1-3-4-5-10-7-6-9(2)8-10;1-2-3-5-9-6-4-8-7-9;1-7-3(5)4(6)8-2;1-7-3(6)2(4)5/h6-8H,3-5H2,1-2H3;4,6-7H,2-3,5H2,1H3;1-2H3;1H3,(H,4,5)/q+1;;;/p-1. The highest BCUT2D eigenvalue weighted by Crippen LogP contribution is 1.93. The van der Waals surface area contributed by atoms with E-state index in [1.165, 1.54) is 25.7 Å². The van der Waals surface area contributed by atoms with Crippen LogP contribution in [0.3, 0.4) is 0 Å². The quantitative estimate of drug-likeness (QED) is 0.240. The van der Waals surface area contributed by atoms with Gasteiger partial charge in [-0.2, -0.15) is 0 Å². The third-order valence-electron chi connectivity index (χ3n) is 3.81. The lowest BCUT2D eigenvalue weighted by Gasteiger charge is -1.96. The Morgan fingerprint density at radius 3 is 1.65 bits per heavy atom. The van der Waals surface area contributed by atoms with Gasteiger partial charge in [0.25, 0.3) is 0 Å². The fourth-order valence-electron chi connectivity index (χ4n) is 1.98. The Labute approximate surface area is 200 Å². The van der Waals surface area contributed by atoms with Crippen molar-refractivity contribution in [2.75, 3.05) is 21.3 Å². The largest absolute Gasteiger partial charge is 0.539 e. The van der Waals surface area contributed by atoms with Crippen molar-refractivity contribution >= 4 is 23.9 Å². The van der Waals surface area contributed by atoms with E-state index in [9.17, 15) is 24.3 Å². The van der Waals surface area contributed by atoms with Gasteiger partial charge in [-0.05, 0) is 12.8 Å². The van der Waals surface area contributed by atoms with Gasteiger partial charge in [0.15, 0.2) is 5.97 Å². The minimum Gasteiger partial charge on any atom is -0.539 e. The van der Waals surface area contributed by atoms with Crippen molar-refractivity contribution in [1.82, 2.24) is 14.1 Å². The Morgan fingerprint density at radius 1 is 0.853 bits per heavy atom. The number of carbonyl (C=O) groups excluding carboxylic acids is 4. The lowest BCUT2D eigenvalue weighted by molar-refractivity contribution is -0.671. The van der Waals surface area contributed by atoms with Crippen LogP contribution in [0.1, 0.15) is 39.5 Å². The summed E-state index contributed by atoms with van der Waals surface area (Å²) in [4.78, 5) is 43.0. The molecule has 12 nitrogen and oxygen atoms in total. The third kappa shape index (κ3) is 17.9. The molecule has 0 saturated heterocycles. The van der Waals surface area contributed by atoms with Crippen molar-refractivity contribution in [3.63, 3.8) is 0 Å². The number of aryl methyl sites for hydroxylation is 3. The van der Waals surface area contributed by atoms with E-state index in [0.717, 1.165) is 34.4 Å². The minimum absolute atomic E-state index is 0.970. The zero-order chi connectivity index (χ0) is 26.4. The van der Waals surface area contributed by atoms with Gasteiger partial charge in [0, 0.05) is 18.9 Å². The highest BCUT2D eigenvalue weighted by molar-refractivity contribution is 6.29. The molecule has 12 heteroatoms. The third-order valence-corrected chi connectivity index (χ3v) is 3.81. The molecule has 2 heterocycles. The number of aliphatic carboxylic acids is 1. The topological polar surface area (TPSA) is 146 Å². The fraction of sp³-hybridized carbons (Fsp3) is 0.545. The normalized spacial score (nSPS) is 9.00. The number of esters is 3. The van der Waals surface area contributed by atoms with Crippen molar-refractivity contribution in [3.8, 4) is 0 Å². The SMILES string of the molecule is CCCCn1cc[n+](C)c1.CCCCn1ccnc1.COC(=O)C(=O)OC.COC(=O)C(=O)[O-]. The molecule has 2 aromatic rings. The molecule has 192 valence electrons. The number of carboxylic acids is 1. The lowest BCUT2D eigenvalue weighted by atomic mass is 10.3. The highest BCUT2D eigenvalue weighted by Gasteiger charge is 2.11. The van der Waals surface area contributed by atoms with Gasteiger partial charge in [-0.1, -0.05) is 26.7 Å². The van der Waals surface area contributed by atoms with Crippen molar-refractivity contribution in [1.29, 1.82) is 0 Å². The predicted molar refractivity (Wildman–Crippen MR) is 119 cm³/mol. The number of methoxy groups -OCH3 is 3. The molecule has 2 aromatic heterocycles. The van der Waals surface area contributed by atoms with E-state index in [1.807, 2.05) is 25.8 Å². The van der Waals surface area contributed by atoms with Crippen molar-refractivity contribution < 1.29 is 43.1 Å². The maximum absolute atomic E-state index is 10.0. The van der Waals surface area contributed by atoms with E-state index in [1.54, 1.807) is 0 Å². The van der Waals surface area contributed by atoms with E-state index in [-0.39, 0.29) is 0 Å². The summed E-state index contributed by atoms with van der Waals surface area (Å²) in [6.07, 6.45) is 17.0. The van der Waals surface area contributed by atoms with Gasteiger partial charge in [-0.3, -0.25) is 0 Å². The summed E-state index contributed by atoms with van der Waals surface area (Å²) in [5.41, 5.74) is 0. The maximum Gasteiger partial charge on any atom is 0.417 e. The average Bonchev–Trinajstić information content (AvgIpc) is 3.52. The molecule has 0 N–H and O–H groups in total. The monoisotopic (exact) mass is 484 g/mol. The molecule has 0 spiro atoms. The van der Waals surface area contributed by atoms with Gasteiger partial charge in [-0.25, -0.2) is 28.5 Å². The second-order valence-corrected chi connectivity index (χ2v) is 6.59. The molecule has 0 atom stereocenters. The van der Waals surface area contributed by atoms with Crippen molar-refractivity contribution in [3.05, 3.63) is 37.4 Å². The predicted octanol–water partition coefficient (Wildman–Crippen LogP) is 0.0376. The Morgan fingerprint density at radius 2 is 1.35 bits per heavy atom. The smallest absolute Gasteiger partial charge is 0.417 e. The number of carboxylic acid groups (broad SMARTS) is 1. The summed E-state index contributed by atoms with van der Waals surface area (Å²) in [5, 5.41) is 9.34. The summed E-state index contributed by atoms with van der Waals surface area (Å²) in [6, 6.07) is 0. The number of nitrogens with zero attached hydrogens (tertiary/aromatic N) is 4. The van der Waals surface area contributed by atoms with E-state index in [0.29, 0.717) is 0 Å². The summed E-state index contributed by atoms with van der Waals surface area (Å²) >= 11 is 0. The first-order chi connectivity index (χ1) is 16.2. The first-order valence-electron chi connectivity index (χ1n) is 10.6. The zero-order valence-electron chi connectivity index (χ0n) is 20.8. The molecule has 0 aliphatic carbocycles. The number of carbonyl (C=O) groups is 4. The van der Waals surface area contributed by atoms with Crippen LogP contribution in [0, 0.1) is 0 Å². The Kier molecular flexibility index (Phi) is 20.2. The van der Waals surface area contributed by atoms with Gasteiger partial charge < -0.3 is 28.7 Å². The molecule has 0 amide bonds. The van der Waals surface area contributed by atoms with Gasteiger partial charge in [-0.15, -0.1) is 0 Å². The first-order valence-corrected chi connectivity index (χ1v) is 10.6. The molecule has 0 aliphatic rings. The van der Waals surface area contributed by atoms with Crippen LogP contribution in [0.25, 0.3) is 0 Å². The summed E-state index contributed by atoms with van der Waals surface area (Å²) in [7, 11) is 5.24. The van der Waals surface area contributed by atoms with Crippen LogP contribution in [0.4, 0.5) is 0 Å². The maximum atomic E-state index is 10.0. The number of unbranched alkanes of at least 4 members (excludes halogenated alkanes) is 2. The molecular weight excluding hydrogens is 448 g/mol. The van der Waals surface area contributed by atoms with Crippen LogP contribution in [-0.4, -0.2) is 59.3 Å². The van der Waals surface area contributed by atoms with Crippen LogP contribution in [-0.2, 0) is 53.5 Å². The molecule has 0 fully saturated rings. The summed E-state index contributed by atoms with van der Waals surface area (Å²) in [5.74, 6) is -5.12. The van der Waals surface area contributed by atoms with E-state index in [2.05, 4.69) is 65.5 Å². The molecule has 0 saturated carbocycles. The number of imidazole rings is 2. The number of hydrogen-bond donors (Lipinski definition) is 0. The average molecular weight is 485 g/mol. The first kappa shape index (κ1) is 32.5. The number of rotatable bonds is 6. The van der Waals surface area contributed by atoms with Crippen LogP contribution in [0.2, 0.25) is 0 Å². The van der Waals surface area contributed by atoms with Gasteiger partial charge in [0.2, 0.25) is 6.33 Å². The van der Waals surface area contributed by atoms with Crippen molar-refractivity contribution in [2.24, 2.45) is 7.05 Å².